The van der Waals surface area contributed by atoms with Crippen molar-refractivity contribution >= 4 is 21.7 Å². The number of benzene rings is 1. The van der Waals surface area contributed by atoms with Crippen LogP contribution in [0.4, 0.5) is 5.69 Å². The second-order valence-electron chi connectivity index (χ2n) is 4.06. The van der Waals surface area contributed by atoms with Gasteiger partial charge in [0.15, 0.2) is 6.61 Å². The van der Waals surface area contributed by atoms with Gasteiger partial charge in [-0.05, 0) is 25.0 Å². The summed E-state index contributed by atoms with van der Waals surface area (Å²) >= 11 is 0. The summed E-state index contributed by atoms with van der Waals surface area (Å²) in [6, 6.07) is 6.22. The fourth-order valence-corrected chi connectivity index (χ4v) is 2.80. The average Bonchev–Trinajstić information content (AvgIpc) is 3.10. The van der Waals surface area contributed by atoms with Gasteiger partial charge in [0.1, 0.15) is 5.75 Å². The average molecular weight is 271 g/mol. The monoisotopic (exact) mass is 271 g/mol. The first-order chi connectivity index (χ1) is 8.47. The second kappa shape index (κ2) is 4.85. The van der Waals surface area contributed by atoms with Gasteiger partial charge in [-0.15, -0.1) is 0 Å². The number of carbonyl (C=O) groups is 1. The number of ether oxygens (including phenoxy) is 1. The lowest BCUT2D eigenvalue weighted by atomic mass is 10.3. The van der Waals surface area contributed by atoms with Crippen LogP contribution in [-0.2, 0) is 14.8 Å². The molecule has 0 saturated heterocycles. The lowest BCUT2D eigenvalue weighted by molar-refractivity contribution is -0.139. The van der Waals surface area contributed by atoms with E-state index in [0.29, 0.717) is 24.3 Å². The Morgan fingerprint density at radius 1 is 1.44 bits per heavy atom. The van der Waals surface area contributed by atoms with E-state index in [-0.39, 0.29) is 5.25 Å². The molecule has 2 N–H and O–H groups in total. The van der Waals surface area contributed by atoms with Crippen molar-refractivity contribution in [3.63, 3.8) is 0 Å². The Hall–Kier alpha value is -1.76. The molecule has 1 aliphatic carbocycles. The van der Waals surface area contributed by atoms with Crippen molar-refractivity contribution in [2.75, 3.05) is 11.3 Å². The smallest absolute Gasteiger partial charge is 0.341 e. The number of hydrogen-bond acceptors (Lipinski definition) is 4. The summed E-state index contributed by atoms with van der Waals surface area (Å²) in [6.45, 7) is -0.459. The van der Waals surface area contributed by atoms with Crippen molar-refractivity contribution in [1.82, 2.24) is 0 Å². The van der Waals surface area contributed by atoms with E-state index in [4.69, 9.17) is 9.84 Å². The van der Waals surface area contributed by atoms with Gasteiger partial charge in [0.25, 0.3) is 0 Å². The Morgan fingerprint density at radius 3 is 2.78 bits per heavy atom. The zero-order chi connectivity index (χ0) is 13.2. The van der Waals surface area contributed by atoms with Gasteiger partial charge >= 0.3 is 5.97 Å². The van der Waals surface area contributed by atoms with Gasteiger partial charge in [0, 0.05) is 6.07 Å². The standard InChI is InChI=1S/C11H13NO5S/c13-11(14)7-17-9-3-1-2-8(6-9)12-18(15,16)10-4-5-10/h1-3,6,10,12H,4-5,7H2,(H,13,14). The third-order valence-corrected chi connectivity index (χ3v) is 4.29. The first kappa shape index (κ1) is 12.7. The first-order valence-electron chi connectivity index (χ1n) is 5.44. The predicted octanol–water partition coefficient (Wildman–Crippen LogP) is 1.05. The lowest BCUT2D eigenvalue weighted by Gasteiger charge is -2.08. The summed E-state index contributed by atoms with van der Waals surface area (Å²) in [4.78, 5) is 10.3. The molecule has 0 unspecified atom stereocenters. The third kappa shape index (κ3) is 3.36. The number of aliphatic carboxylic acids is 1. The molecule has 1 aliphatic rings. The summed E-state index contributed by atoms with van der Waals surface area (Å²) in [5.74, 6) is -0.771. The summed E-state index contributed by atoms with van der Waals surface area (Å²) in [5, 5.41) is 8.17. The number of rotatable bonds is 6. The van der Waals surface area contributed by atoms with E-state index >= 15 is 0 Å². The molecule has 18 heavy (non-hydrogen) atoms. The fraction of sp³-hybridized carbons (Fsp3) is 0.364. The minimum Gasteiger partial charge on any atom is -0.482 e. The number of carboxylic acid groups (broad SMARTS) is 1. The molecule has 0 aliphatic heterocycles. The van der Waals surface area contributed by atoms with Gasteiger partial charge in [0.05, 0.1) is 10.9 Å². The molecule has 1 aromatic carbocycles. The number of sulfonamides is 1. The molecule has 0 aromatic heterocycles. The molecule has 7 heteroatoms. The lowest BCUT2D eigenvalue weighted by Crippen LogP contribution is -2.17. The van der Waals surface area contributed by atoms with E-state index in [9.17, 15) is 13.2 Å². The van der Waals surface area contributed by atoms with E-state index in [1.807, 2.05) is 0 Å². The van der Waals surface area contributed by atoms with Gasteiger partial charge in [0.2, 0.25) is 10.0 Å². The summed E-state index contributed by atoms with van der Waals surface area (Å²) in [5.41, 5.74) is 0.379. The number of carboxylic acids is 1. The fourth-order valence-electron chi connectivity index (χ4n) is 1.42. The highest BCUT2D eigenvalue weighted by molar-refractivity contribution is 7.93. The summed E-state index contributed by atoms with van der Waals surface area (Å²) in [6.07, 6.45) is 1.37. The van der Waals surface area contributed by atoms with Crippen LogP contribution in [0.5, 0.6) is 5.75 Å². The molecule has 0 bridgehead atoms. The molecular formula is C11H13NO5S. The van der Waals surface area contributed by atoms with Gasteiger partial charge in [-0.3, -0.25) is 4.72 Å². The topological polar surface area (TPSA) is 92.7 Å². The van der Waals surface area contributed by atoms with E-state index in [0.717, 1.165) is 0 Å². The van der Waals surface area contributed by atoms with Gasteiger partial charge in [-0.25, -0.2) is 13.2 Å². The highest BCUT2D eigenvalue weighted by Gasteiger charge is 2.35. The van der Waals surface area contributed by atoms with Crippen molar-refractivity contribution in [3.05, 3.63) is 24.3 Å². The minimum absolute atomic E-state index is 0.305. The quantitative estimate of drug-likeness (QED) is 0.806. The Bertz CT molecular complexity index is 550. The van der Waals surface area contributed by atoms with Gasteiger partial charge in [-0.2, -0.15) is 0 Å². The van der Waals surface area contributed by atoms with Crippen molar-refractivity contribution in [3.8, 4) is 5.75 Å². The van der Waals surface area contributed by atoms with Gasteiger partial charge in [-0.1, -0.05) is 6.07 Å². The molecular weight excluding hydrogens is 258 g/mol. The van der Waals surface area contributed by atoms with Crippen molar-refractivity contribution in [1.29, 1.82) is 0 Å². The Balaban J connectivity index is 2.05. The normalized spacial score (nSPS) is 15.1. The largest absolute Gasteiger partial charge is 0.482 e. The maximum Gasteiger partial charge on any atom is 0.341 e. The summed E-state index contributed by atoms with van der Waals surface area (Å²) < 4.78 is 30.8. The van der Waals surface area contributed by atoms with Crippen molar-refractivity contribution < 1.29 is 23.1 Å². The Labute approximate surface area is 105 Å². The third-order valence-electron chi connectivity index (χ3n) is 2.42. The molecule has 0 spiro atoms. The van der Waals surface area contributed by atoms with Crippen molar-refractivity contribution in [2.45, 2.75) is 18.1 Å². The molecule has 0 radical (unpaired) electrons. The summed E-state index contributed by atoms with van der Waals surface area (Å²) in [7, 11) is -3.31. The zero-order valence-electron chi connectivity index (χ0n) is 9.50. The molecule has 98 valence electrons. The van der Waals surface area contributed by atoms with E-state index in [2.05, 4.69) is 4.72 Å². The van der Waals surface area contributed by atoms with Crippen LogP contribution in [0, 0.1) is 0 Å². The van der Waals surface area contributed by atoms with Gasteiger partial charge < -0.3 is 9.84 Å². The molecule has 0 atom stereocenters. The predicted molar refractivity (Wildman–Crippen MR) is 65.1 cm³/mol. The maximum atomic E-state index is 11.7. The van der Waals surface area contributed by atoms with E-state index in [1.54, 1.807) is 18.2 Å². The van der Waals surface area contributed by atoms with Crippen molar-refractivity contribution in [2.24, 2.45) is 0 Å². The molecule has 2 rings (SSSR count). The molecule has 6 nitrogen and oxygen atoms in total. The van der Waals surface area contributed by atoms with Crippen LogP contribution < -0.4 is 9.46 Å². The van der Waals surface area contributed by atoms with E-state index < -0.39 is 22.6 Å². The second-order valence-corrected chi connectivity index (χ2v) is 6.02. The van der Waals surface area contributed by atoms with Crippen LogP contribution in [0.1, 0.15) is 12.8 Å². The van der Waals surface area contributed by atoms with Crippen LogP contribution in [0.2, 0.25) is 0 Å². The molecule has 1 fully saturated rings. The molecule has 0 amide bonds. The van der Waals surface area contributed by atoms with Crippen LogP contribution in [0.25, 0.3) is 0 Å². The number of nitrogens with one attached hydrogen (secondary N) is 1. The van der Waals surface area contributed by atoms with Crippen LogP contribution >= 0.6 is 0 Å². The SMILES string of the molecule is O=C(O)COc1cccc(NS(=O)(=O)C2CC2)c1. The number of hydrogen-bond donors (Lipinski definition) is 2. The molecule has 0 heterocycles. The van der Waals surface area contributed by atoms with E-state index in [1.165, 1.54) is 6.07 Å². The Kier molecular flexibility index (Phi) is 3.42. The molecule has 1 saturated carbocycles. The molecule has 1 aromatic rings. The Morgan fingerprint density at radius 2 is 2.17 bits per heavy atom. The first-order valence-corrected chi connectivity index (χ1v) is 6.98. The zero-order valence-corrected chi connectivity index (χ0v) is 10.3. The maximum absolute atomic E-state index is 11.7. The van der Waals surface area contributed by atoms with Crippen LogP contribution in [-0.4, -0.2) is 31.4 Å². The number of anilines is 1. The highest BCUT2D eigenvalue weighted by atomic mass is 32.2. The highest BCUT2D eigenvalue weighted by Crippen LogP contribution is 2.30. The van der Waals surface area contributed by atoms with Crippen LogP contribution in [0.3, 0.4) is 0 Å². The minimum atomic E-state index is -3.31. The van der Waals surface area contributed by atoms with Crippen LogP contribution in [0.15, 0.2) is 24.3 Å².